The SMILES string of the molecule is COc1ccc(-c2nnc3ccc(N(C)Cc4ccccc4)nn23)nc1. The average molecular weight is 346 g/mol. The minimum atomic E-state index is 0.595. The van der Waals surface area contributed by atoms with Crippen LogP contribution >= 0.6 is 0 Å². The molecule has 0 unspecified atom stereocenters. The Bertz CT molecular complexity index is 1010. The number of methoxy groups -OCH3 is 1. The van der Waals surface area contributed by atoms with E-state index < -0.39 is 0 Å². The molecular formula is C19H18N6O. The first-order valence-corrected chi connectivity index (χ1v) is 8.22. The third-order valence-corrected chi connectivity index (χ3v) is 4.10. The lowest BCUT2D eigenvalue weighted by Crippen LogP contribution is -2.18. The number of hydrogen-bond donors (Lipinski definition) is 0. The molecule has 0 aliphatic rings. The highest BCUT2D eigenvalue weighted by Gasteiger charge is 2.13. The minimum Gasteiger partial charge on any atom is -0.495 e. The largest absolute Gasteiger partial charge is 0.495 e. The quantitative estimate of drug-likeness (QED) is 0.553. The Hall–Kier alpha value is -3.48. The zero-order valence-corrected chi connectivity index (χ0v) is 14.6. The van der Waals surface area contributed by atoms with Gasteiger partial charge in [-0.25, -0.2) is 4.98 Å². The smallest absolute Gasteiger partial charge is 0.203 e. The van der Waals surface area contributed by atoms with Crippen molar-refractivity contribution in [3.05, 3.63) is 66.4 Å². The molecule has 0 saturated heterocycles. The highest BCUT2D eigenvalue weighted by molar-refractivity contribution is 5.56. The molecule has 26 heavy (non-hydrogen) atoms. The van der Waals surface area contributed by atoms with Gasteiger partial charge in [0.2, 0.25) is 5.82 Å². The highest BCUT2D eigenvalue weighted by atomic mass is 16.5. The van der Waals surface area contributed by atoms with E-state index in [1.165, 1.54) is 5.56 Å². The van der Waals surface area contributed by atoms with Gasteiger partial charge in [0, 0.05) is 13.6 Å². The van der Waals surface area contributed by atoms with Crippen LogP contribution in [0.2, 0.25) is 0 Å². The predicted molar refractivity (Wildman–Crippen MR) is 99.1 cm³/mol. The van der Waals surface area contributed by atoms with E-state index in [1.807, 2.05) is 49.5 Å². The number of ether oxygens (including phenoxy) is 1. The molecule has 4 rings (SSSR count). The summed E-state index contributed by atoms with van der Waals surface area (Å²) in [4.78, 5) is 6.47. The van der Waals surface area contributed by atoms with Crippen LogP contribution in [0.1, 0.15) is 5.56 Å². The van der Waals surface area contributed by atoms with E-state index in [2.05, 4.69) is 32.2 Å². The Kier molecular flexibility index (Phi) is 4.18. The summed E-state index contributed by atoms with van der Waals surface area (Å²) in [5.74, 6) is 2.12. The van der Waals surface area contributed by atoms with Crippen molar-refractivity contribution >= 4 is 11.5 Å². The lowest BCUT2D eigenvalue weighted by molar-refractivity contribution is 0.413. The van der Waals surface area contributed by atoms with Gasteiger partial charge < -0.3 is 9.64 Å². The van der Waals surface area contributed by atoms with Crippen molar-refractivity contribution in [1.82, 2.24) is 24.8 Å². The molecule has 3 aromatic heterocycles. The molecule has 7 heteroatoms. The topological polar surface area (TPSA) is 68.4 Å². The molecule has 0 N–H and O–H groups in total. The Morgan fingerprint density at radius 1 is 1.00 bits per heavy atom. The first-order valence-electron chi connectivity index (χ1n) is 8.22. The van der Waals surface area contributed by atoms with Crippen molar-refractivity contribution in [1.29, 1.82) is 0 Å². The van der Waals surface area contributed by atoms with Gasteiger partial charge in [0.05, 0.1) is 13.3 Å². The van der Waals surface area contributed by atoms with Gasteiger partial charge in [0.1, 0.15) is 17.3 Å². The van der Waals surface area contributed by atoms with Crippen molar-refractivity contribution in [3.8, 4) is 17.3 Å². The Morgan fingerprint density at radius 3 is 2.58 bits per heavy atom. The summed E-state index contributed by atoms with van der Waals surface area (Å²) in [6, 6.07) is 17.8. The Morgan fingerprint density at radius 2 is 1.85 bits per heavy atom. The summed E-state index contributed by atoms with van der Waals surface area (Å²) in [5.41, 5.74) is 2.58. The van der Waals surface area contributed by atoms with Crippen LogP contribution < -0.4 is 9.64 Å². The number of benzene rings is 1. The molecule has 0 spiro atoms. The lowest BCUT2D eigenvalue weighted by atomic mass is 10.2. The summed E-state index contributed by atoms with van der Waals surface area (Å²) < 4.78 is 6.87. The minimum absolute atomic E-state index is 0.595. The second-order valence-corrected chi connectivity index (χ2v) is 5.91. The van der Waals surface area contributed by atoms with Gasteiger partial charge in [-0.3, -0.25) is 0 Å². The maximum absolute atomic E-state index is 5.15. The van der Waals surface area contributed by atoms with Crippen LogP contribution in [0.4, 0.5) is 5.82 Å². The van der Waals surface area contributed by atoms with E-state index in [-0.39, 0.29) is 0 Å². The fourth-order valence-corrected chi connectivity index (χ4v) is 2.71. The summed E-state index contributed by atoms with van der Waals surface area (Å²) in [7, 11) is 3.62. The molecule has 130 valence electrons. The maximum Gasteiger partial charge on any atom is 0.203 e. The summed E-state index contributed by atoms with van der Waals surface area (Å²) in [5, 5.41) is 13.1. The first-order chi connectivity index (χ1) is 12.7. The zero-order chi connectivity index (χ0) is 17.9. The van der Waals surface area contributed by atoms with Crippen molar-refractivity contribution in [2.75, 3.05) is 19.1 Å². The third kappa shape index (κ3) is 3.06. The summed E-state index contributed by atoms with van der Waals surface area (Å²) in [6.07, 6.45) is 1.65. The van der Waals surface area contributed by atoms with Crippen LogP contribution in [0.25, 0.3) is 17.2 Å². The fourth-order valence-electron chi connectivity index (χ4n) is 2.71. The van der Waals surface area contributed by atoms with Crippen LogP contribution in [-0.2, 0) is 6.54 Å². The number of nitrogens with zero attached hydrogens (tertiary/aromatic N) is 6. The van der Waals surface area contributed by atoms with E-state index in [1.54, 1.807) is 17.8 Å². The molecular weight excluding hydrogens is 328 g/mol. The Balaban J connectivity index is 1.67. The van der Waals surface area contributed by atoms with Crippen LogP contribution in [0.15, 0.2) is 60.8 Å². The van der Waals surface area contributed by atoms with E-state index in [9.17, 15) is 0 Å². The van der Waals surface area contributed by atoms with Gasteiger partial charge in [-0.1, -0.05) is 30.3 Å². The molecule has 0 radical (unpaired) electrons. The zero-order valence-electron chi connectivity index (χ0n) is 14.6. The number of rotatable bonds is 5. The lowest BCUT2D eigenvalue weighted by Gasteiger charge is -2.18. The van der Waals surface area contributed by atoms with Gasteiger partial charge in [0.15, 0.2) is 5.65 Å². The second kappa shape index (κ2) is 6.79. The van der Waals surface area contributed by atoms with E-state index in [4.69, 9.17) is 9.84 Å². The van der Waals surface area contributed by atoms with Crippen molar-refractivity contribution in [2.24, 2.45) is 0 Å². The van der Waals surface area contributed by atoms with Crippen LogP contribution in [0, 0.1) is 0 Å². The predicted octanol–water partition coefficient (Wildman–Crippen LogP) is 2.83. The van der Waals surface area contributed by atoms with Gasteiger partial charge in [-0.05, 0) is 29.8 Å². The van der Waals surface area contributed by atoms with Crippen molar-refractivity contribution < 1.29 is 4.74 Å². The van der Waals surface area contributed by atoms with E-state index in [0.717, 1.165) is 12.4 Å². The molecule has 0 fully saturated rings. The molecule has 7 nitrogen and oxygen atoms in total. The number of anilines is 1. The third-order valence-electron chi connectivity index (χ3n) is 4.10. The Labute approximate surface area is 150 Å². The maximum atomic E-state index is 5.15. The molecule has 0 bridgehead atoms. The van der Waals surface area contributed by atoms with Crippen molar-refractivity contribution in [3.63, 3.8) is 0 Å². The first kappa shape index (κ1) is 16.0. The highest BCUT2D eigenvalue weighted by Crippen LogP contribution is 2.20. The average Bonchev–Trinajstić information content (AvgIpc) is 3.12. The van der Waals surface area contributed by atoms with Gasteiger partial charge in [-0.2, -0.15) is 4.52 Å². The molecule has 0 amide bonds. The normalized spacial score (nSPS) is 10.8. The number of fused-ring (bicyclic) bond motifs is 1. The molecule has 3 heterocycles. The van der Waals surface area contributed by atoms with Crippen LogP contribution in [-0.4, -0.2) is 39.0 Å². The van der Waals surface area contributed by atoms with Gasteiger partial charge in [0.25, 0.3) is 0 Å². The number of hydrogen-bond acceptors (Lipinski definition) is 6. The molecule has 4 aromatic rings. The monoisotopic (exact) mass is 346 g/mol. The van der Waals surface area contributed by atoms with Gasteiger partial charge in [-0.15, -0.1) is 15.3 Å². The second-order valence-electron chi connectivity index (χ2n) is 5.91. The van der Waals surface area contributed by atoms with Crippen molar-refractivity contribution in [2.45, 2.75) is 6.54 Å². The van der Waals surface area contributed by atoms with E-state index >= 15 is 0 Å². The van der Waals surface area contributed by atoms with Crippen LogP contribution in [0.3, 0.4) is 0 Å². The molecule has 0 aliphatic heterocycles. The van der Waals surface area contributed by atoms with Gasteiger partial charge >= 0.3 is 0 Å². The molecule has 0 aliphatic carbocycles. The standard InChI is InChI=1S/C19H18N6O/c1-24(13-14-6-4-3-5-7-14)18-11-10-17-21-22-19(25(17)23-18)16-9-8-15(26-2)12-20-16/h3-12H,13H2,1-2H3. The van der Waals surface area contributed by atoms with Crippen LogP contribution in [0.5, 0.6) is 5.75 Å². The summed E-state index contributed by atoms with van der Waals surface area (Å²) >= 11 is 0. The van der Waals surface area contributed by atoms with E-state index in [0.29, 0.717) is 22.9 Å². The molecule has 1 aromatic carbocycles. The molecule has 0 saturated carbocycles. The summed E-state index contributed by atoms with van der Waals surface area (Å²) in [6.45, 7) is 0.761. The number of aromatic nitrogens is 5. The molecule has 0 atom stereocenters. The fraction of sp³-hybridized carbons (Fsp3) is 0.158. The number of pyridine rings is 1.